The van der Waals surface area contributed by atoms with E-state index >= 15 is 0 Å². The van der Waals surface area contributed by atoms with Crippen molar-refractivity contribution in [3.05, 3.63) is 59.5 Å². The summed E-state index contributed by atoms with van der Waals surface area (Å²) in [5.41, 5.74) is 3.44. The molecule has 2 aromatic heterocycles. The molecule has 1 N–H and O–H groups in total. The molecule has 1 unspecified atom stereocenters. The van der Waals surface area contributed by atoms with Gasteiger partial charge in [0, 0.05) is 18.7 Å². The summed E-state index contributed by atoms with van der Waals surface area (Å²) in [7, 11) is 0. The van der Waals surface area contributed by atoms with Crippen molar-refractivity contribution in [2.75, 3.05) is 18.5 Å². The highest BCUT2D eigenvalue weighted by Crippen LogP contribution is 2.27. The lowest BCUT2D eigenvalue weighted by atomic mass is 9.97. The van der Waals surface area contributed by atoms with E-state index in [1.54, 1.807) is 6.20 Å². The van der Waals surface area contributed by atoms with Crippen LogP contribution >= 0.6 is 0 Å². The first-order valence-corrected chi connectivity index (χ1v) is 8.94. The van der Waals surface area contributed by atoms with E-state index in [4.69, 9.17) is 9.26 Å². The zero-order valence-corrected chi connectivity index (χ0v) is 15.0. The summed E-state index contributed by atoms with van der Waals surface area (Å²) < 4.78 is 11.2. The molecule has 3 aromatic rings. The van der Waals surface area contributed by atoms with Gasteiger partial charge in [-0.2, -0.15) is 4.98 Å². The molecule has 3 heterocycles. The minimum Gasteiger partial charge on any atom is -0.371 e. The van der Waals surface area contributed by atoms with Crippen LogP contribution in [0.1, 0.15) is 42.8 Å². The molecule has 26 heavy (non-hydrogen) atoms. The number of pyridine rings is 1. The van der Waals surface area contributed by atoms with E-state index in [0.717, 1.165) is 24.4 Å². The summed E-state index contributed by atoms with van der Waals surface area (Å²) in [6.45, 7) is 5.50. The molecule has 0 saturated heterocycles. The first-order chi connectivity index (χ1) is 12.7. The zero-order valence-electron chi connectivity index (χ0n) is 15.0. The predicted octanol–water partition coefficient (Wildman–Crippen LogP) is 3.98. The second-order valence-electron chi connectivity index (χ2n) is 6.73. The van der Waals surface area contributed by atoms with Crippen molar-refractivity contribution in [2.24, 2.45) is 0 Å². The maximum atomic E-state index is 5.92. The van der Waals surface area contributed by atoms with Crippen LogP contribution < -0.4 is 5.32 Å². The topological polar surface area (TPSA) is 73.1 Å². The van der Waals surface area contributed by atoms with Gasteiger partial charge in [0.1, 0.15) is 5.82 Å². The molecule has 4 rings (SSSR count). The number of nitrogens with zero attached hydrogens (tertiary/aromatic N) is 3. The Hall–Kier alpha value is -2.73. The molecular weight excluding hydrogens is 328 g/mol. The van der Waals surface area contributed by atoms with Gasteiger partial charge in [-0.15, -0.1) is 0 Å². The van der Waals surface area contributed by atoms with Gasteiger partial charge >= 0.3 is 0 Å². The number of hydrogen-bond donors (Lipinski definition) is 1. The highest BCUT2D eigenvalue weighted by atomic mass is 16.5. The van der Waals surface area contributed by atoms with Gasteiger partial charge in [-0.05, 0) is 29.7 Å². The highest BCUT2D eigenvalue weighted by molar-refractivity contribution is 5.54. The van der Waals surface area contributed by atoms with Crippen LogP contribution in [0.4, 0.5) is 5.82 Å². The lowest BCUT2D eigenvalue weighted by Gasteiger charge is -2.26. The van der Waals surface area contributed by atoms with Crippen molar-refractivity contribution in [1.29, 1.82) is 0 Å². The first-order valence-electron chi connectivity index (χ1n) is 8.94. The second kappa shape index (κ2) is 7.25. The van der Waals surface area contributed by atoms with Crippen LogP contribution in [0.15, 0.2) is 47.1 Å². The van der Waals surface area contributed by atoms with E-state index < -0.39 is 0 Å². The molecule has 0 radical (unpaired) electrons. The van der Waals surface area contributed by atoms with Gasteiger partial charge < -0.3 is 14.6 Å². The average Bonchev–Trinajstić information content (AvgIpc) is 3.17. The molecule has 1 aliphatic heterocycles. The van der Waals surface area contributed by atoms with Crippen LogP contribution in [0.2, 0.25) is 0 Å². The molecule has 0 bridgehead atoms. The van der Waals surface area contributed by atoms with E-state index in [-0.39, 0.29) is 12.0 Å². The van der Waals surface area contributed by atoms with E-state index in [0.29, 0.717) is 18.3 Å². The fourth-order valence-corrected chi connectivity index (χ4v) is 3.05. The molecule has 0 fully saturated rings. The summed E-state index contributed by atoms with van der Waals surface area (Å²) in [5.74, 6) is 2.23. The lowest BCUT2D eigenvalue weighted by molar-refractivity contribution is 0.0513. The molecule has 1 aliphatic rings. The number of aromatic nitrogens is 3. The maximum Gasteiger partial charge on any atom is 0.259 e. The SMILES string of the molecule is CC(C)c1noc(-c2ccc(NCC3OCCc4ccccc43)nc2)n1. The number of anilines is 1. The van der Waals surface area contributed by atoms with Crippen LogP contribution in [0.5, 0.6) is 0 Å². The van der Waals surface area contributed by atoms with Gasteiger partial charge in [0.25, 0.3) is 5.89 Å². The second-order valence-corrected chi connectivity index (χ2v) is 6.73. The van der Waals surface area contributed by atoms with Crippen LogP contribution in [-0.2, 0) is 11.2 Å². The molecular formula is C20H22N4O2. The van der Waals surface area contributed by atoms with Gasteiger partial charge in [-0.25, -0.2) is 4.98 Å². The Kier molecular flexibility index (Phi) is 4.67. The van der Waals surface area contributed by atoms with E-state index in [1.807, 2.05) is 26.0 Å². The Labute approximate surface area is 152 Å². The van der Waals surface area contributed by atoms with Crippen LogP contribution in [-0.4, -0.2) is 28.3 Å². The Morgan fingerprint density at radius 3 is 2.85 bits per heavy atom. The number of fused-ring (bicyclic) bond motifs is 1. The minimum atomic E-state index is 0.0472. The summed E-state index contributed by atoms with van der Waals surface area (Å²) in [4.78, 5) is 8.85. The summed E-state index contributed by atoms with van der Waals surface area (Å²) >= 11 is 0. The van der Waals surface area contributed by atoms with Gasteiger partial charge in [0.2, 0.25) is 0 Å². The lowest BCUT2D eigenvalue weighted by Crippen LogP contribution is -2.22. The van der Waals surface area contributed by atoms with Crippen molar-refractivity contribution in [3.8, 4) is 11.5 Å². The summed E-state index contributed by atoms with van der Waals surface area (Å²) in [5, 5.41) is 7.34. The number of hydrogen-bond acceptors (Lipinski definition) is 6. The number of benzene rings is 1. The van der Waals surface area contributed by atoms with Gasteiger partial charge in [0.05, 0.1) is 18.3 Å². The molecule has 134 valence electrons. The summed E-state index contributed by atoms with van der Waals surface area (Å²) in [6.07, 6.45) is 2.77. The molecule has 1 aromatic carbocycles. The van der Waals surface area contributed by atoms with Crippen molar-refractivity contribution < 1.29 is 9.26 Å². The quantitative estimate of drug-likeness (QED) is 0.750. The van der Waals surface area contributed by atoms with E-state index in [1.165, 1.54) is 11.1 Å². The Balaban J connectivity index is 1.42. The Bertz CT molecular complexity index is 874. The third kappa shape index (κ3) is 3.46. The van der Waals surface area contributed by atoms with Gasteiger partial charge in [-0.3, -0.25) is 0 Å². The molecule has 6 heteroatoms. The van der Waals surface area contributed by atoms with Crippen LogP contribution in [0.3, 0.4) is 0 Å². The Morgan fingerprint density at radius 1 is 1.19 bits per heavy atom. The molecule has 6 nitrogen and oxygen atoms in total. The normalized spacial score (nSPS) is 16.5. The fourth-order valence-electron chi connectivity index (χ4n) is 3.05. The largest absolute Gasteiger partial charge is 0.371 e. The van der Waals surface area contributed by atoms with Crippen molar-refractivity contribution in [2.45, 2.75) is 32.3 Å². The van der Waals surface area contributed by atoms with Gasteiger partial charge in [0.15, 0.2) is 5.82 Å². The van der Waals surface area contributed by atoms with E-state index in [9.17, 15) is 0 Å². The Morgan fingerprint density at radius 2 is 2.08 bits per heavy atom. The third-order valence-electron chi connectivity index (χ3n) is 4.53. The van der Waals surface area contributed by atoms with Crippen molar-refractivity contribution in [3.63, 3.8) is 0 Å². The van der Waals surface area contributed by atoms with E-state index in [2.05, 4.69) is 44.7 Å². The number of ether oxygens (including phenoxy) is 1. The fraction of sp³-hybridized carbons (Fsp3) is 0.350. The molecule has 0 amide bonds. The highest BCUT2D eigenvalue weighted by Gasteiger charge is 2.20. The maximum absolute atomic E-state index is 5.92. The van der Waals surface area contributed by atoms with Crippen molar-refractivity contribution >= 4 is 5.82 Å². The minimum absolute atomic E-state index is 0.0472. The predicted molar refractivity (Wildman–Crippen MR) is 98.9 cm³/mol. The average molecular weight is 350 g/mol. The monoisotopic (exact) mass is 350 g/mol. The first kappa shape index (κ1) is 16.7. The molecule has 0 aliphatic carbocycles. The zero-order chi connectivity index (χ0) is 17.9. The standard InChI is InChI=1S/C20H22N4O2/c1-13(2)19-23-20(26-24-19)15-7-8-18(21-11-15)22-12-17-16-6-4-3-5-14(16)9-10-25-17/h3-8,11,13,17H,9-10,12H2,1-2H3,(H,21,22). The van der Waals surface area contributed by atoms with Crippen LogP contribution in [0.25, 0.3) is 11.5 Å². The smallest absolute Gasteiger partial charge is 0.259 e. The van der Waals surface area contributed by atoms with Crippen LogP contribution in [0, 0.1) is 0 Å². The van der Waals surface area contributed by atoms with Crippen molar-refractivity contribution in [1.82, 2.24) is 15.1 Å². The van der Waals surface area contributed by atoms with Gasteiger partial charge in [-0.1, -0.05) is 43.3 Å². The number of rotatable bonds is 5. The summed E-state index contributed by atoms with van der Waals surface area (Å²) in [6, 6.07) is 12.3. The molecule has 0 saturated carbocycles. The third-order valence-corrected chi connectivity index (χ3v) is 4.53. The molecule has 1 atom stereocenters. The number of nitrogens with one attached hydrogen (secondary N) is 1. The molecule has 0 spiro atoms.